The molecule has 19 heavy (non-hydrogen) atoms. The molecule has 4 nitrogen and oxygen atoms in total. The normalized spacial score (nSPS) is 21.0. The van der Waals surface area contributed by atoms with E-state index in [1.54, 1.807) is 6.07 Å². The molecule has 0 unspecified atom stereocenters. The lowest BCUT2D eigenvalue weighted by Gasteiger charge is -2.18. The van der Waals surface area contributed by atoms with Crippen molar-refractivity contribution in [3.05, 3.63) is 34.6 Å². The van der Waals surface area contributed by atoms with E-state index in [1.165, 1.54) is 24.1 Å². The maximum Gasteiger partial charge on any atom is 0.307 e. The van der Waals surface area contributed by atoms with Gasteiger partial charge in [0, 0.05) is 24.2 Å². The SMILES string of the molecule is CN(Cc1c(F)cccc1Cl)C(=O)[C@@H]1C[C@@H]1C(=O)O. The molecular formula is C13H13ClFNO3. The Morgan fingerprint density at radius 3 is 2.68 bits per heavy atom. The van der Waals surface area contributed by atoms with E-state index < -0.39 is 23.6 Å². The van der Waals surface area contributed by atoms with Gasteiger partial charge in [0.25, 0.3) is 0 Å². The highest BCUT2D eigenvalue weighted by Gasteiger charge is 2.49. The molecule has 0 spiro atoms. The van der Waals surface area contributed by atoms with Crippen molar-refractivity contribution in [2.24, 2.45) is 11.8 Å². The number of hydrogen-bond donors (Lipinski definition) is 1. The van der Waals surface area contributed by atoms with Crippen LogP contribution in [0.5, 0.6) is 0 Å². The van der Waals surface area contributed by atoms with Crippen LogP contribution in [0.15, 0.2) is 18.2 Å². The third-order valence-corrected chi connectivity index (χ3v) is 3.61. The van der Waals surface area contributed by atoms with Crippen molar-refractivity contribution in [2.45, 2.75) is 13.0 Å². The molecular weight excluding hydrogens is 273 g/mol. The zero-order chi connectivity index (χ0) is 14.2. The average Bonchev–Trinajstić information content (AvgIpc) is 3.13. The van der Waals surface area contributed by atoms with Gasteiger partial charge in [0.1, 0.15) is 5.82 Å². The van der Waals surface area contributed by atoms with Crippen molar-refractivity contribution >= 4 is 23.5 Å². The first-order chi connectivity index (χ1) is 8.91. The zero-order valence-corrected chi connectivity index (χ0v) is 11.0. The van der Waals surface area contributed by atoms with Crippen molar-refractivity contribution in [2.75, 3.05) is 7.05 Å². The van der Waals surface area contributed by atoms with Crippen molar-refractivity contribution in [1.29, 1.82) is 0 Å². The third kappa shape index (κ3) is 2.87. The van der Waals surface area contributed by atoms with Crippen LogP contribution in [0.2, 0.25) is 5.02 Å². The maximum absolute atomic E-state index is 13.6. The molecule has 1 N–H and O–H groups in total. The van der Waals surface area contributed by atoms with Gasteiger partial charge in [-0.1, -0.05) is 17.7 Å². The van der Waals surface area contributed by atoms with E-state index >= 15 is 0 Å². The fraction of sp³-hybridized carbons (Fsp3) is 0.385. The molecule has 0 saturated heterocycles. The second kappa shape index (κ2) is 5.17. The molecule has 1 aromatic carbocycles. The average molecular weight is 286 g/mol. The molecule has 1 aromatic rings. The van der Waals surface area contributed by atoms with Crippen LogP contribution < -0.4 is 0 Å². The number of carboxylic acid groups (broad SMARTS) is 1. The second-order valence-corrected chi connectivity index (χ2v) is 5.09. The molecule has 102 valence electrons. The van der Waals surface area contributed by atoms with Crippen molar-refractivity contribution in [3.63, 3.8) is 0 Å². The fourth-order valence-electron chi connectivity index (χ4n) is 2.02. The number of carbonyl (C=O) groups is 2. The Labute approximate surface area is 114 Å². The summed E-state index contributed by atoms with van der Waals surface area (Å²) >= 11 is 5.88. The summed E-state index contributed by atoms with van der Waals surface area (Å²) in [7, 11) is 1.52. The maximum atomic E-state index is 13.6. The molecule has 6 heteroatoms. The van der Waals surface area contributed by atoms with Crippen LogP contribution in [0.3, 0.4) is 0 Å². The Hall–Kier alpha value is -1.62. The summed E-state index contributed by atoms with van der Waals surface area (Å²) in [6, 6.07) is 4.32. The highest BCUT2D eigenvalue weighted by atomic mass is 35.5. The van der Waals surface area contributed by atoms with Gasteiger partial charge in [0.2, 0.25) is 5.91 Å². The quantitative estimate of drug-likeness (QED) is 0.922. The summed E-state index contributed by atoms with van der Waals surface area (Å²) in [4.78, 5) is 24.0. The lowest BCUT2D eigenvalue weighted by Crippen LogP contribution is -2.29. The van der Waals surface area contributed by atoms with Gasteiger partial charge in [-0.3, -0.25) is 9.59 Å². The first-order valence-corrected chi connectivity index (χ1v) is 6.20. The van der Waals surface area contributed by atoms with Crippen molar-refractivity contribution in [1.82, 2.24) is 4.90 Å². The first-order valence-electron chi connectivity index (χ1n) is 5.82. The van der Waals surface area contributed by atoms with Crippen LogP contribution in [-0.2, 0) is 16.1 Å². The van der Waals surface area contributed by atoms with Gasteiger partial charge >= 0.3 is 5.97 Å². The van der Waals surface area contributed by atoms with Crippen molar-refractivity contribution < 1.29 is 19.1 Å². The molecule has 0 aromatic heterocycles. The molecule has 2 rings (SSSR count). The fourth-order valence-corrected chi connectivity index (χ4v) is 2.25. The predicted octanol–water partition coefficient (Wildman–Crippen LogP) is 2.16. The van der Waals surface area contributed by atoms with Crippen LogP contribution in [0, 0.1) is 17.7 Å². The van der Waals surface area contributed by atoms with Gasteiger partial charge in [0.05, 0.1) is 11.8 Å². The summed E-state index contributed by atoms with van der Waals surface area (Å²) in [6.45, 7) is 0.0349. The smallest absolute Gasteiger partial charge is 0.307 e. The number of carboxylic acids is 1. The van der Waals surface area contributed by atoms with Gasteiger partial charge in [-0.2, -0.15) is 0 Å². The lowest BCUT2D eigenvalue weighted by atomic mass is 10.2. The van der Waals surface area contributed by atoms with E-state index in [2.05, 4.69) is 0 Å². The van der Waals surface area contributed by atoms with E-state index in [4.69, 9.17) is 16.7 Å². The number of nitrogens with zero attached hydrogens (tertiary/aromatic N) is 1. The Bertz CT molecular complexity index is 514. The van der Waals surface area contributed by atoms with E-state index in [-0.39, 0.29) is 23.0 Å². The second-order valence-electron chi connectivity index (χ2n) is 4.68. The minimum absolute atomic E-state index is 0.0349. The van der Waals surface area contributed by atoms with Gasteiger partial charge in [-0.15, -0.1) is 0 Å². The van der Waals surface area contributed by atoms with Gasteiger partial charge in [-0.05, 0) is 18.6 Å². The summed E-state index contributed by atoms with van der Waals surface area (Å²) in [5.41, 5.74) is 0.243. The molecule has 1 amide bonds. The van der Waals surface area contributed by atoms with E-state index in [1.807, 2.05) is 0 Å². The van der Waals surface area contributed by atoms with Gasteiger partial charge in [-0.25, -0.2) is 4.39 Å². The van der Waals surface area contributed by atoms with Crippen LogP contribution in [0.1, 0.15) is 12.0 Å². The number of hydrogen-bond acceptors (Lipinski definition) is 2. The van der Waals surface area contributed by atoms with Gasteiger partial charge < -0.3 is 10.0 Å². The minimum atomic E-state index is -0.962. The third-order valence-electron chi connectivity index (χ3n) is 3.26. The zero-order valence-electron chi connectivity index (χ0n) is 10.3. The molecule has 0 bridgehead atoms. The molecule has 0 aliphatic heterocycles. The number of aliphatic carboxylic acids is 1. The summed E-state index contributed by atoms with van der Waals surface area (Å²) in [5, 5.41) is 9.04. The predicted molar refractivity (Wildman–Crippen MR) is 67.1 cm³/mol. The van der Waals surface area contributed by atoms with Crippen LogP contribution >= 0.6 is 11.6 Å². The Kier molecular flexibility index (Phi) is 3.75. The highest BCUT2D eigenvalue weighted by Crippen LogP contribution is 2.40. The van der Waals surface area contributed by atoms with Crippen LogP contribution in [0.25, 0.3) is 0 Å². The van der Waals surface area contributed by atoms with E-state index in [0.717, 1.165) is 0 Å². The Morgan fingerprint density at radius 1 is 1.47 bits per heavy atom. The van der Waals surface area contributed by atoms with Crippen molar-refractivity contribution in [3.8, 4) is 0 Å². The summed E-state index contributed by atoms with van der Waals surface area (Å²) < 4.78 is 13.6. The van der Waals surface area contributed by atoms with E-state index in [9.17, 15) is 14.0 Å². The number of rotatable bonds is 4. The van der Waals surface area contributed by atoms with Crippen LogP contribution in [0.4, 0.5) is 4.39 Å². The molecule has 0 radical (unpaired) electrons. The topological polar surface area (TPSA) is 57.6 Å². The highest BCUT2D eigenvalue weighted by molar-refractivity contribution is 6.31. The Morgan fingerprint density at radius 2 is 2.16 bits per heavy atom. The summed E-state index contributed by atoms with van der Waals surface area (Å²) in [6.07, 6.45) is 0.351. The monoisotopic (exact) mass is 285 g/mol. The molecule has 1 aliphatic carbocycles. The number of halogens is 2. The Balaban J connectivity index is 2.04. The standard InChI is InChI=1S/C13H13ClFNO3/c1-16(12(17)7-5-8(7)13(18)19)6-9-10(14)3-2-4-11(9)15/h2-4,7-8H,5-6H2,1H3,(H,18,19)/t7-,8+/m1/s1. The summed E-state index contributed by atoms with van der Waals surface area (Å²) in [5.74, 6) is -2.82. The molecule has 1 saturated carbocycles. The minimum Gasteiger partial charge on any atom is -0.481 e. The van der Waals surface area contributed by atoms with Gasteiger partial charge in [0.15, 0.2) is 0 Å². The van der Waals surface area contributed by atoms with E-state index in [0.29, 0.717) is 6.42 Å². The molecule has 1 fully saturated rings. The first kappa shape index (κ1) is 13.8. The molecule has 0 heterocycles. The number of amides is 1. The molecule has 2 atom stereocenters. The lowest BCUT2D eigenvalue weighted by molar-refractivity contribution is -0.141. The number of benzene rings is 1. The largest absolute Gasteiger partial charge is 0.481 e. The number of carbonyl (C=O) groups excluding carboxylic acids is 1. The van der Waals surface area contributed by atoms with Crippen LogP contribution in [-0.4, -0.2) is 28.9 Å². The molecule has 1 aliphatic rings.